The highest BCUT2D eigenvalue weighted by molar-refractivity contribution is 6.32. The van der Waals surface area contributed by atoms with Crippen LogP contribution in [0, 0.1) is 0 Å². The number of rotatable bonds is 3. The number of halogens is 4. The van der Waals surface area contributed by atoms with Gasteiger partial charge in [0.2, 0.25) is 0 Å². The lowest BCUT2D eigenvalue weighted by Gasteiger charge is -2.13. The van der Waals surface area contributed by atoms with Gasteiger partial charge in [0.1, 0.15) is 17.2 Å². The van der Waals surface area contributed by atoms with Crippen LogP contribution in [0.15, 0.2) is 42.5 Å². The molecule has 0 bridgehead atoms. The van der Waals surface area contributed by atoms with Gasteiger partial charge in [-0.2, -0.15) is 13.2 Å². The van der Waals surface area contributed by atoms with E-state index in [1.54, 1.807) is 24.3 Å². The lowest BCUT2D eigenvalue weighted by Crippen LogP contribution is -2.06. The monoisotopic (exact) mass is 302 g/mol. The van der Waals surface area contributed by atoms with Gasteiger partial charge in [-0.05, 0) is 24.3 Å². The third kappa shape index (κ3) is 3.17. The summed E-state index contributed by atoms with van der Waals surface area (Å²) >= 11 is 5.74. The zero-order chi connectivity index (χ0) is 14.8. The number of benzene rings is 2. The molecule has 2 rings (SSSR count). The van der Waals surface area contributed by atoms with E-state index in [9.17, 15) is 13.2 Å². The number of hydrogen-bond acceptors (Lipinski definition) is 2. The van der Waals surface area contributed by atoms with Crippen molar-refractivity contribution in [3.8, 4) is 17.2 Å². The first-order chi connectivity index (χ1) is 9.41. The molecule has 0 amide bonds. The van der Waals surface area contributed by atoms with E-state index in [2.05, 4.69) is 0 Å². The highest BCUT2D eigenvalue weighted by Gasteiger charge is 2.34. The summed E-state index contributed by atoms with van der Waals surface area (Å²) in [6.45, 7) is 0. The molecule has 0 aliphatic carbocycles. The molecule has 0 heterocycles. The second kappa shape index (κ2) is 5.63. The van der Waals surface area contributed by atoms with Crippen molar-refractivity contribution in [1.82, 2.24) is 0 Å². The minimum absolute atomic E-state index is 0.0604. The van der Waals surface area contributed by atoms with Crippen LogP contribution < -0.4 is 9.47 Å². The van der Waals surface area contributed by atoms with Crippen LogP contribution in [-0.4, -0.2) is 7.11 Å². The van der Waals surface area contributed by atoms with Crippen molar-refractivity contribution in [2.45, 2.75) is 6.18 Å². The van der Waals surface area contributed by atoms with Crippen molar-refractivity contribution in [2.75, 3.05) is 7.11 Å². The Balaban J connectivity index is 2.34. The van der Waals surface area contributed by atoms with Crippen LogP contribution in [0.5, 0.6) is 17.2 Å². The van der Waals surface area contributed by atoms with Gasteiger partial charge in [0.15, 0.2) is 0 Å². The molecular formula is C14H10ClF3O2. The molecule has 0 saturated carbocycles. The molecule has 0 N–H and O–H groups in total. The Morgan fingerprint density at radius 2 is 1.65 bits per heavy atom. The Morgan fingerprint density at radius 1 is 1.00 bits per heavy atom. The number of ether oxygens (including phenoxy) is 2. The lowest BCUT2D eigenvalue weighted by molar-refractivity contribution is -0.137. The number of hydrogen-bond donors (Lipinski definition) is 0. The van der Waals surface area contributed by atoms with E-state index in [0.29, 0.717) is 11.5 Å². The Kier molecular flexibility index (Phi) is 4.09. The molecule has 0 fully saturated rings. The van der Waals surface area contributed by atoms with Crippen molar-refractivity contribution >= 4 is 11.6 Å². The summed E-state index contributed by atoms with van der Waals surface area (Å²) < 4.78 is 48.6. The third-order valence-corrected chi connectivity index (χ3v) is 2.93. The normalized spacial score (nSPS) is 11.2. The number of methoxy groups -OCH3 is 1. The smallest absolute Gasteiger partial charge is 0.417 e. The minimum atomic E-state index is -4.52. The maximum atomic E-state index is 12.7. The second-order valence-corrected chi connectivity index (χ2v) is 4.27. The molecule has 6 heteroatoms. The molecule has 2 nitrogen and oxygen atoms in total. The predicted octanol–water partition coefficient (Wildman–Crippen LogP) is 5.16. The summed E-state index contributed by atoms with van der Waals surface area (Å²) in [4.78, 5) is 0. The maximum Gasteiger partial charge on any atom is 0.417 e. The van der Waals surface area contributed by atoms with Gasteiger partial charge in [-0.15, -0.1) is 0 Å². The van der Waals surface area contributed by atoms with Gasteiger partial charge in [-0.3, -0.25) is 0 Å². The first-order valence-corrected chi connectivity index (χ1v) is 5.97. The van der Waals surface area contributed by atoms with E-state index in [1.807, 2.05) is 0 Å². The molecular weight excluding hydrogens is 293 g/mol. The quantitative estimate of drug-likeness (QED) is 0.779. The fraction of sp³-hybridized carbons (Fsp3) is 0.143. The molecule has 0 aliphatic heterocycles. The van der Waals surface area contributed by atoms with Crippen molar-refractivity contribution < 1.29 is 22.6 Å². The summed E-state index contributed by atoms with van der Waals surface area (Å²) in [6.07, 6.45) is -4.52. The molecule has 2 aromatic carbocycles. The van der Waals surface area contributed by atoms with Gasteiger partial charge >= 0.3 is 6.18 Å². The summed E-state index contributed by atoms with van der Waals surface area (Å²) in [5, 5.41) is -0.470. The highest BCUT2D eigenvalue weighted by Crippen LogP contribution is 2.40. The van der Waals surface area contributed by atoms with Crippen LogP contribution in [0.4, 0.5) is 13.2 Å². The molecule has 20 heavy (non-hydrogen) atoms. The van der Waals surface area contributed by atoms with Gasteiger partial charge in [0.25, 0.3) is 0 Å². The Bertz CT molecular complexity index is 612. The molecule has 0 spiro atoms. The standard InChI is InChI=1S/C14H10ClF3O2/c1-19-9-4-2-5-10(8-9)20-12-7-3-6-11(13(12)15)14(16,17)18/h2-8H,1H3. The summed E-state index contributed by atoms with van der Waals surface area (Å²) in [7, 11) is 1.48. The van der Waals surface area contributed by atoms with Crippen LogP contribution in [0.2, 0.25) is 5.02 Å². The highest BCUT2D eigenvalue weighted by atomic mass is 35.5. The van der Waals surface area contributed by atoms with Crippen molar-refractivity contribution in [3.63, 3.8) is 0 Å². The Hall–Kier alpha value is -1.88. The van der Waals surface area contributed by atoms with Crippen LogP contribution in [0.3, 0.4) is 0 Å². The summed E-state index contributed by atoms with van der Waals surface area (Å²) in [5.41, 5.74) is -0.931. The lowest BCUT2D eigenvalue weighted by atomic mass is 10.2. The zero-order valence-electron chi connectivity index (χ0n) is 10.4. The predicted molar refractivity (Wildman–Crippen MR) is 69.5 cm³/mol. The van der Waals surface area contributed by atoms with Crippen LogP contribution >= 0.6 is 11.6 Å². The van der Waals surface area contributed by atoms with Crippen LogP contribution in [-0.2, 0) is 6.18 Å². The third-order valence-electron chi connectivity index (χ3n) is 2.54. The first-order valence-electron chi connectivity index (χ1n) is 5.59. The molecule has 0 aliphatic rings. The van der Waals surface area contributed by atoms with E-state index < -0.39 is 16.8 Å². The van der Waals surface area contributed by atoms with Gasteiger partial charge < -0.3 is 9.47 Å². The molecule has 0 saturated heterocycles. The molecule has 0 unspecified atom stereocenters. The minimum Gasteiger partial charge on any atom is -0.497 e. The maximum absolute atomic E-state index is 12.7. The SMILES string of the molecule is COc1cccc(Oc2cccc(C(F)(F)F)c2Cl)c1. The van der Waals surface area contributed by atoms with Gasteiger partial charge in [-0.1, -0.05) is 23.7 Å². The van der Waals surface area contributed by atoms with Gasteiger partial charge in [-0.25, -0.2) is 0 Å². The fourth-order valence-electron chi connectivity index (χ4n) is 1.60. The molecule has 2 aromatic rings. The topological polar surface area (TPSA) is 18.5 Å². The van der Waals surface area contributed by atoms with Gasteiger partial charge in [0.05, 0.1) is 17.7 Å². The fourth-order valence-corrected chi connectivity index (χ4v) is 1.87. The first kappa shape index (κ1) is 14.5. The molecule has 0 aromatic heterocycles. The van der Waals surface area contributed by atoms with Crippen molar-refractivity contribution in [3.05, 3.63) is 53.1 Å². The molecule has 106 valence electrons. The molecule has 0 radical (unpaired) electrons. The van der Waals surface area contributed by atoms with Crippen molar-refractivity contribution in [1.29, 1.82) is 0 Å². The summed E-state index contributed by atoms with van der Waals surface area (Å²) in [6, 6.07) is 10.0. The number of alkyl halides is 3. The average molecular weight is 303 g/mol. The average Bonchev–Trinajstić information content (AvgIpc) is 2.40. The van der Waals surface area contributed by atoms with Crippen LogP contribution in [0.1, 0.15) is 5.56 Å². The summed E-state index contributed by atoms with van der Waals surface area (Å²) in [5.74, 6) is 0.811. The Morgan fingerprint density at radius 3 is 2.30 bits per heavy atom. The zero-order valence-corrected chi connectivity index (χ0v) is 11.1. The van der Waals surface area contributed by atoms with Crippen molar-refractivity contribution in [2.24, 2.45) is 0 Å². The van der Waals surface area contributed by atoms with E-state index in [4.69, 9.17) is 21.1 Å². The Labute approximate surface area is 118 Å². The van der Waals surface area contributed by atoms with Gasteiger partial charge in [0, 0.05) is 6.07 Å². The molecule has 0 atom stereocenters. The largest absolute Gasteiger partial charge is 0.497 e. The van der Waals surface area contributed by atoms with Crippen LogP contribution in [0.25, 0.3) is 0 Å². The van der Waals surface area contributed by atoms with E-state index in [0.717, 1.165) is 6.07 Å². The second-order valence-electron chi connectivity index (χ2n) is 3.90. The van der Waals surface area contributed by atoms with E-state index >= 15 is 0 Å². The van der Waals surface area contributed by atoms with E-state index in [-0.39, 0.29) is 5.75 Å². The van der Waals surface area contributed by atoms with E-state index in [1.165, 1.54) is 19.2 Å².